The van der Waals surface area contributed by atoms with Gasteiger partial charge in [0.2, 0.25) is 0 Å². The largest absolute Gasteiger partial charge is 0.451 e. The van der Waals surface area contributed by atoms with E-state index in [0.29, 0.717) is 21.3 Å². The molecule has 0 bridgehead atoms. The molecule has 1 amide bonds. The van der Waals surface area contributed by atoms with Gasteiger partial charge in [0.1, 0.15) is 4.32 Å². The lowest BCUT2D eigenvalue weighted by Crippen LogP contribution is -2.27. The number of carbonyl (C=O) groups is 1. The van der Waals surface area contributed by atoms with Crippen molar-refractivity contribution in [2.45, 2.75) is 6.92 Å². The Morgan fingerprint density at radius 3 is 2.52 bits per heavy atom. The minimum absolute atomic E-state index is 0.0574. The number of nitrogens with zero attached hydrogens (tertiary/aromatic N) is 1. The molecular weight excluding hydrogens is 364 g/mol. The molecule has 2 aromatic carbocycles. The summed E-state index contributed by atoms with van der Waals surface area (Å²) in [7, 11) is 0. The molecule has 1 aliphatic rings. The number of hydrogen-bond acceptors (Lipinski definition) is 4. The molecule has 1 saturated heterocycles. The number of carbonyl (C=O) groups excluding carboxylic acids is 1. The zero-order chi connectivity index (χ0) is 18.0. The first-order chi connectivity index (χ1) is 12.0. The van der Waals surface area contributed by atoms with E-state index in [4.69, 9.17) is 17.0 Å². The number of amides is 1. The molecule has 25 heavy (non-hydrogen) atoms. The quantitative estimate of drug-likeness (QED) is 0.555. The first-order valence-electron chi connectivity index (χ1n) is 7.47. The third kappa shape index (κ3) is 3.72. The molecule has 0 saturated carbocycles. The van der Waals surface area contributed by atoms with Gasteiger partial charge in [-0.2, -0.15) is 0 Å². The summed E-state index contributed by atoms with van der Waals surface area (Å²) < 4.78 is 33.6. The van der Waals surface area contributed by atoms with Gasteiger partial charge in [0.25, 0.3) is 5.91 Å². The van der Waals surface area contributed by atoms with E-state index in [2.05, 4.69) is 0 Å². The Labute approximate surface area is 153 Å². The molecular formula is C18H13F2NO2S2. The average Bonchev–Trinajstić information content (AvgIpc) is 2.85. The van der Waals surface area contributed by atoms with Crippen molar-refractivity contribution >= 4 is 40.3 Å². The third-order valence-electron chi connectivity index (χ3n) is 3.50. The smallest absolute Gasteiger partial charge is 0.266 e. The maximum Gasteiger partial charge on any atom is 0.266 e. The van der Waals surface area contributed by atoms with Gasteiger partial charge < -0.3 is 4.74 Å². The van der Waals surface area contributed by atoms with Gasteiger partial charge in [-0.25, -0.2) is 8.78 Å². The summed E-state index contributed by atoms with van der Waals surface area (Å²) in [6, 6.07) is 9.99. The van der Waals surface area contributed by atoms with Gasteiger partial charge in [-0.3, -0.25) is 9.69 Å². The van der Waals surface area contributed by atoms with Crippen LogP contribution in [0.4, 0.5) is 8.78 Å². The Morgan fingerprint density at radius 2 is 1.88 bits per heavy atom. The van der Waals surface area contributed by atoms with Gasteiger partial charge >= 0.3 is 0 Å². The fourth-order valence-electron chi connectivity index (χ4n) is 2.26. The van der Waals surface area contributed by atoms with E-state index in [1.165, 1.54) is 47.0 Å². The summed E-state index contributed by atoms with van der Waals surface area (Å²) >= 11 is 6.32. The Balaban J connectivity index is 1.83. The van der Waals surface area contributed by atoms with Crippen LogP contribution in [0.15, 0.2) is 47.4 Å². The van der Waals surface area contributed by atoms with E-state index in [1.807, 2.05) is 6.92 Å². The molecule has 0 atom stereocenters. The van der Waals surface area contributed by atoms with Gasteiger partial charge in [0.05, 0.1) is 4.91 Å². The van der Waals surface area contributed by atoms with E-state index in [-0.39, 0.29) is 17.4 Å². The summed E-state index contributed by atoms with van der Waals surface area (Å²) in [6.07, 6.45) is 1.57. The first kappa shape index (κ1) is 17.6. The highest BCUT2D eigenvalue weighted by Gasteiger charge is 2.30. The Kier molecular flexibility index (Phi) is 5.15. The molecule has 0 unspecified atom stereocenters. The number of ether oxygens (including phenoxy) is 1. The van der Waals surface area contributed by atoms with E-state index in [0.717, 1.165) is 0 Å². The van der Waals surface area contributed by atoms with Crippen LogP contribution in [0.25, 0.3) is 6.08 Å². The predicted molar refractivity (Wildman–Crippen MR) is 98.4 cm³/mol. The maximum atomic E-state index is 14.3. The van der Waals surface area contributed by atoms with Crippen LogP contribution in [0, 0.1) is 11.6 Å². The number of rotatable bonds is 4. The van der Waals surface area contributed by atoms with Crippen molar-refractivity contribution in [1.29, 1.82) is 0 Å². The fraction of sp³-hybridized carbons (Fsp3) is 0.111. The lowest BCUT2D eigenvalue weighted by molar-refractivity contribution is -0.121. The number of halogens is 2. The SMILES string of the molecule is CCN1C(=O)C(=Cc2ccc(Oc3ccccc3F)c(F)c2)SC1=S. The van der Waals surface area contributed by atoms with Crippen LogP contribution in [0.3, 0.4) is 0 Å². The molecule has 2 aromatic rings. The van der Waals surface area contributed by atoms with Crippen molar-refractivity contribution in [3.63, 3.8) is 0 Å². The van der Waals surface area contributed by atoms with Crippen LogP contribution in [-0.4, -0.2) is 21.7 Å². The molecule has 1 heterocycles. The van der Waals surface area contributed by atoms with Crippen molar-refractivity contribution < 1.29 is 18.3 Å². The highest BCUT2D eigenvalue weighted by atomic mass is 32.2. The molecule has 3 rings (SSSR count). The zero-order valence-electron chi connectivity index (χ0n) is 13.2. The van der Waals surface area contributed by atoms with Crippen LogP contribution in [0.5, 0.6) is 11.5 Å². The summed E-state index contributed by atoms with van der Waals surface area (Å²) in [5.74, 6) is -1.57. The second-order valence-electron chi connectivity index (χ2n) is 5.15. The molecule has 0 N–H and O–H groups in total. The van der Waals surface area contributed by atoms with Crippen LogP contribution in [0.1, 0.15) is 12.5 Å². The van der Waals surface area contributed by atoms with Crippen LogP contribution in [0.2, 0.25) is 0 Å². The Bertz CT molecular complexity index is 883. The molecule has 0 aromatic heterocycles. The normalized spacial score (nSPS) is 16.0. The number of benzene rings is 2. The molecule has 0 aliphatic carbocycles. The molecule has 128 valence electrons. The monoisotopic (exact) mass is 377 g/mol. The van der Waals surface area contributed by atoms with Crippen LogP contribution < -0.4 is 4.74 Å². The zero-order valence-corrected chi connectivity index (χ0v) is 14.8. The second-order valence-corrected chi connectivity index (χ2v) is 6.82. The number of likely N-dealkylation sites (N-methyl/N-ethyl adjacent to an activating group) is 1. The Hall–Kier alpha value is -2.25. The molecule has 1 fully saturated rings. The van der Waals surface area contributed by atoms with E-state index in [9.17, 15) is 13.6 Å². The van der Waals surface area contributed by atoms with Crippen molar-refractivity contribution in [3.05, 3.63) is 64.6 Å². The van der Waals surface area contributed by atoms with Crippen molar-refractivity contribution in [3.8, 4) is 11.5 Å². The molecule has 3 nitrogen and oxygen atoms in total. The molecule has 1 aliphatic heterocycles. The highest BCUT2D eigenvalue weighted by Crippen LogP contribution is 2.33. The van der Waals surface area contributed by atoms with Gasteiger partial charge in [-0.1, -0.05) is 42.2 Å². The summed E-state index contributed by atoms with van der Waals surface area (Å²) in [5, 5.41) is 0. The number of thioether (sulfide) groups is 1. The predicted octanol–water partition coefficient (Wildman–Crippen LogP) is 4.98. The minimum Gasteiger partial charge on any atom is -0.451 e. The summed E-state index contributed by atoms with van der Waals surface area (Å²) in [6.45, 7) is 2.33. The fourth-order valence-corrected chi connectivity index (χ4v) is 3.64. The van der Waals surface area contributed by atoms with Crippen molar-refractivity contribution in [2.75, 3.05) is 6.54 Å². The molecule has 7 heteroatoms. The summed E-state index contributed by atoms with van der Waals surface area (Å²) in [5.41, 5.74) is 0.495. The minimum atomic E-state index is -0.650. The standard InChI is InChI=1S/C18H13F2NO2S2/c1-2-21-17(22)16(25-18(21)24)10-11-7-8-15(13(20)9-11)23-14-6-4-3-5-12(14)19/h3-10H,2H2,1H3. The highest BCUT2D eigenvalue weighted by molar-refractivity contribution is 8.26. The van der Waals surface area contributed by atoms with Crippen LogP contribution >= 0.6 is 24.0 Å². The van der Waals surface area contributed by atoms with E-state index < -0.39 is 11.6 Å². The van der Waals surface area contributed by atoms with Gasteiger partial charge in [0.15, 0.2) is 23.1 Å². The molecule has 0 radical (unpaired) electrons. The number of para-hydroxylation sites is 1. The molecule has 0 spiro atoms. The van der Waals surface area contributed by atoms with Gasteiger partial charge in [0, 0.05) is 6.54 Å². The number of hydrogen-bond donors (Lipinski definition) is 0. The lowest BCUT2D eigenvalue weighted by Gasteiger charge is -2.09. The lowest BCUT2D eigenvalue weighted by atomic mass is 10.2. The maximum absolute atomic E-state index is 14.3. The van der Waals surface area contributed by atoms with Crippen molar-refractivity contribution in [2.24, 2.45) is 0 Å². The average molecular weight is 377 g/mol. The van der Waals surface area contributed by atoms with E-state index >= 15 is 0 Å². The first-order valence-corrected chi connectivity index (χ1v) is 8.69. The third-order valence-corrected chi connectivity index (χ3v) is 4.88. The van der Waals surface area contributed by atoms with Crippen LogP contribution in [-0.2, 0) is 4.79 Å². The van der Waals surface area contributed by atoms with E-state index in [1.54, 1.807) is 18.2 Å². The topological polar surface area (TPSA) is 29.5 Å². The second kappa shape index (κ2) is 7.33. The van der Waals surface area contributed by atoms with Gasteiger partial charge in [-0.15, -0.1) is 0 Å². The van der Waals surface area contributed by atoms with Crippen molar-refractivity contribution in [1.82, 2.24) is 4.90 Å². The Morgan fingerprint density at radius 1 is 1.16 bits per heavy atom. The number of thiocarbonyl (C=S) groups is 1. The van der Waals surface area contributed by atoms with Gasteiger partial charge in [-0.05, 0) is 42.8 Å². The summed E-state index contributed by atoms with van der Waals surface area (Å²) in [4.78, 5) is 14.1.